The Labute approximate surface area is 208 Å². The van der Waals surface area contributed by atoms with Crippen LogP contribution in [0.2, 0.25) is 0 Å². The minimum Gasteiger partial charge on any atom is -0.352 e. The summed E-state index contributed by atoms with van der Waals surface area (Å²) in [4.78, 5) is 29.2. The Bertz CT molecular complexity index is 1370. The van der Waals surface area contributed by atoms with E-state index < -0.39 is 17.8 Å². The van der Waals surface area contributed by atoms with Gasteiger partial charge in [0.1, 0.15) is 17.9 Å². The number of hydrogen-bond acceptors (Lipinski definition) is 4. The van der Waals surface area contributed by atoms with Crippen LogP contribution in [0.25, 0.3) is 11.0 Å². The van der Waals surface area contributed by atoms with E-state index in [0.29, 0.717) is 22.4 Å². The molecule has 0 spiro atoms. The third-order valence-corrected chi connectivity index (χ3v) is 6.78. The smallest absolute Gasteiger partial charge is 0.249 e. The second-order valence-corrected chi connectivity index (χ2v) is 9.27. The van der Waals surface area contributed by atoms with E-state index in [9.17, 15) is 14.0 Å². The first kappa shape index (κ1) is 23.7. The van der Waals surface area contributed by atoms with Crippen LogP contribution in [0.5, 0.6) is 0 Å². The number of rotatable bonds is 7. The minimum atomic E-state index is -0.990. The van der Waals surface area contributed by atoms with E-state index in [4.69, 9.17) is 0 Å². The van der Waals surface area contributed by atoms with E-state index >= 15 is 0 Å². The molecule has 0 saturated heterocycles. The zero-order valence-corrected chi connectivity index (χ0v) is 20.2. The van der Waals surface area contributed by atoms with Crippen molar-refractivity contribution in [2.24, 2.45) is 7.05 Å². The molecular weight excluding hydrogens is 459 g/mol. The maximum absolute atomic E-state index is 14.4. The van der Waals surface area contributed by atoms with Crippen LogP contribution in [0, 0.1) is 5.82 Å². The Morgan fingerprint density at radius 2 is 1.89 bits per heavy atom. The molecule has 9 heteroatoms. The molecule has 2 aromatic heterocycles. The fourth-order valence-corrected chi connectivity index (χ4v) is 4.97. The zero-order chi connectivity index (χ0) is 25.1. The molecule has 1 aliphatic carbocycles. The number of carbonyl (C=O) groups excluding carboxylic acids is 2. The molecule has 2 amide bonds. The van der Waals surface area contributed by atoms with E-state index in [-0.39, 0.29) is 18.5 Å². The average Bonchev–Trinajstić information content (AvgIpc) is 3.49. The summed E-state index contributed by atoms with van der Waals surface area (Å²) in [6, 6.07) is 15.8. The number of halogens is 1. The molecular formula is C27H29FN6O2. The van der Waals surface area contributed by atoms with E-state index in [1.807, 2.05) is 54.2 Å². The number of anilines is 1. The third-order valence-electron chi connectivity index (χ3n) is 6.78. The summed E-state index contributed by atoms with van der Waals surface area (Å²) in [5.74, 6) is -1.18. The number of nitrogens with zero attached hydrogens (tertiary/aromatic N) is 5. The van der Waals surface area contributed by atoms with Gasteiger partial charge in [0.25, 0.3) is 0 Å². The number of aromatic nitrogens is 4. The van der Waals surface area contributed by atoms with Gasteiger partial charge in [-0.05, 0) is 55.3 Å². The van der Waals surface area contributed by atoms with Gasteiger partial charge in [0.15, 0.2) is 6.04 Å². The molecule has 4 aromatic rings. The highest BCUT2D eigenvalue weighted by molar-refractivity contribution is 6.01. The molecule has 1 saturated carbocycles. The standard InChI is InChI=1S/C27H29FN6O2/c1-32-16-8-15-24(32)26(27(36)29-20-10-3-2-4-11-20)34(21-12-7-9-19(28)17-21)25(35)18-33-23-14-6-5-13-22(23)30-31-33/h5-9,12-17,20,26H,2-4,10-11,18H2,1H3,(H,29,36)/t26-/m0/s1. The van der Waals surface area contributed by atoms with Gasteiger partial charge in [-0.25, -0.2) is 9.07 Å². The highest BCUT2D eigenvalue weighted by Crippen LogP contribution is 2.30. The van der Waals surface area contributed by atoms with Gasteiger partial charge in [0.2, 0.25) is 11.8 Å². The Morgan fingerprint density at radius 3 is 2.64 bits per heavy atom. The normalized spacial score (nSPS) is 15.1. The summed E-state index contributed by atoms with van der Waals surface area (Å²) < 4.78 is 17.7. The highest BCUT2D eigenvalue weighted by Gasteiger charge is 2.36. The summed E-state index contributed by atoms with van der Waals surface area (Å²) in [5.41, 5.74) is 2.29. The zero-order valence-electron chi connectivity index (χ0n) is 20.2. The Morgan fingerprint density at radius 1 is 1.08 bits per heavy atom. The number of fused-ring (bicyclic) bond motifs is 1. The second kappa shape index (κ2) is 10.3. The van der Waals surface area contributed by atoms with Crippen LogP contribution in [-0.2, 0) is 23.2 Å². The van der Waals surface area contributed by atoms with Gasteiger partial charge in [-0.3, -0.25) is 14.5 Å². The number of para-hydroxylation sites is 1. The molecule has 2 heterocycles. The summed E-state index contributed by atoms with van der Waals surface area (Å²) in [5, 5.41) is 11.5. The van der Waals surface area contributed by atoms with Gasteiger partial charge >= 0.3 is 0 Å². The molecule has 2 aromatic carbocycles. The molecule has 36 heavy (non-hydrogen) atoms. The quantitative estimate of drug-likeness (QED) is 0.424. The predicted molar refractivity (Wildman–Crippen MR) is 135 cm³/mol. The van der Waals surface area contributed by atoms with Crippen LogP contribution in [0.1, 0.15) is 43.8 Å². The lowest BCUT2D eigenvalue weighted by atomic mass is 9.95. The number of amides is 2. The predicted octanol–water partition coefficient (Wildman–Crippen LogP) is 4.13. The van der Waals surface area contributed by atoms with E-state index in [1.54, 1.807) is 6.07 Å². The fourth-order valence-electron chi connectivity index (χ4n) is 4.97. The van der Waals surface area contributed by atoms with Gasteiger partial charge in [0, 0.05) is 25.0 Å². The first-order valence-corrected chi connectivity index (χ1v) is 12.3. The molecule has 1 atom stereocenters. The molecule has 0 unspecified atom stereocenters. The molecule has 0 radical (unpaired) electrons. The minimum absolute atomic E-state index is 0.0535. The number of aryl methyl sites for hydroxylation is 1. The monoisotopic (exact) mass is 488 g/mol. The first-order chi connectivity index (χ1) is 17.5. The lowest BCUT2D eigenvalue weighted by Crippen LogP contribution is -2.48. The van der Waals surface area contributed by atoms with E-state index in [1.165, 1.54) is 27.8 Å². The number of carbonyl (C=O) groups is 2. The molecule has 5 rings (SSSR count). The third kappa shape index (κ3) is 4.86. The average molecular weight is 489 g/mol. The Hall–Kier alpha value is -4.01. The van der Waals surface area contributed by atoms with Gasteiger partial charge in [0.05, 0.1) is 11.2 Å². The summed E-state index contributed by atoms with van der Waals surface area (Å²) in [6.07, 6.45) is 6.93. The van der Waals surface area contributed by atoms with Crippen molar-refractivity contribution >= 4 is 28.5 Å². The first-order valence-electron chi connectivity index (χ1n) is 12.3. The van der Waals surface area contributed by atoms with Gasteiger partial charge in [-0.1, -0.05) is 42.7 Å². The maximum Gasteiger partial charge on any atom is 0.249 e. The van der Waals surface area contributed by atoms with Gasteiger partial charge in [-0.15, -0.1) is 5.10 Å². The van der Waals surface area contributed by atoms with Crippen LogP contribution >= 0.6 is 0 Å². The van der Waals surface area contributed by atoms with Crippen LogP contribution in [0.15, 0.2) is 66.9 Å². The molecule has 1 fully saturated rings. The summed E-state index contributed by atoms with van der Waals surface area (Å²) in [7, 11) is 1.83. The van der Waals surface area contributed by atoms with Crippen molar-refractivity contribution in [1.29, 1.82) is 0 Å². The largest absolute Gasteiger partial charge is 0.352 e. The lowest BCUT2D eigenvalue weighted by molar-refractivity contribution is -0.127. The van der Waals surface area contributed by atoms with Crippen LogP contribution in [0.4, 0.5) is 10.1 Å². The van der Waals surface area contributed by atoms with Crippen molar-refractivity contribution in [3.63, 3.8) is 0 Å². The topological polar surface area (TPSA) is 85.0 Å². The van der Waals surface area contributed by atoms with E-state index in [0.717, 1.165) is 32.1 Å². The number of nitrogens with one attached hydrogen (secondary N) is 1. The van der Waals surface area contributed by atoms with Crippen molar-refractivity contribution in [3.05, 3.63) is 78.4 Å². The van der Waals surface area contributed by atoms with Crippen LogP contribution < -0.4 is 10.2 Å². The van der Waals surface area contributed by atoms with Crippen molar-refractivity contribution in [2.75, 3.05) is 4.90 Å². The van der Waals surface area contributed by atoms with Crippen LogP contribution in [0.3, 0.4) is 0 Å². The molecule has 1 N–H and O–H groups in total. The molecule has 0 aliphatic heterocycles. The molecule has 1 aliphatic rings. The molecule has 186 valence electrons. The van der Waals surface area contributed by atoms with Crippen LogP contribution in [-0.4, -0.2) is 37.4 Å². The van der Waals surface area contributed by atoms with Crippen molar-refractivity contribution in [1.82, 2.24) is 24.9 Å². The Balaban J connectivity index is 1.55. The highest BCUT2D eigenvalue weighted by atomic mass is 19.1. The molecule has 8 nitrogen and oxygen atoms in total. The summed E-state index contributed by atoms with van der Waals surface area (Å²) in [6.45, 7) is -0.158. The van der Waals surface area contributed by atoms with Gasteiger partial charge < -0.3 is 9.88 Å². The number of hydrogen-bond donors (Lipinski definition) is 1. The van der Waals surface area contributed by atoms with Crippen molar-refractivity contribution in [3.8, 4) is 0 Å². The Kier molecular flexibility index (Phi) is 6.79. The second-order valence-electron chi connectivity index (χ2n) is 9.27. The van der Waals surface area contributed by atoms with Crippen molar-refractivity contribution < 1.29 is 14.0 Å². The van der Waals surface area contributed by atoms with Crippen molar-refractivity contribution in [2.45, 2.75) is 50.7 Å². The maximum atomic E-state index is 14.4. The number of benzene rings is 2. The SMILES string of the molecule is Cn1cccc1[C@@H](C(=O)NC1CCCCC1)N(C(=O)Cn1nnc2ccccc21)c1cccc(F)c1. The van der Waals surface area contributed by atoms with Gasteiger partial charge in [-0.2, -0.15) is 0 Å². The molecule has 0 bridgehead atoms. The lowest BCUT2D eigenvalue weighted by Gasteiger charge is -2.33. The van der Waals surface area contributed by atoms with E-state index in [2.05, 4.69) is 15.6 Å². The summed E-state index contributed by atoms with van der Waals surface area (Å²) >= 11 is 0. The fraction of sp³-hybridized carbons (Fsp3) is 0.333.